The third-order valence-electron chi connectivity index (χ3n) is 4.07. The van der Waals surface area contributed by atoms with E-state index < -0.39 is 17.3 Å². The highest BCUT2D eigenvalue weighted by Gasteiger charge is 2.30. The molecule has 1 N–H and O–H groups in total. The van der Waals surface area contributed by atoms with Gasteiger partial charge in [-0.3, -0.25) is 4.79 Å². The molecular formula is C16H16FN3O4. The van der Waals surface area contributed by atoms with E-state index in [4.69, 9.17) is 9.63 Å². The summed E-state index contributed by atoms with van der Waals surface area (Å²) < 4.78 is 18.6. The van der Waals surface area contributed by atoms with Gasteiger partial charge >= 0.3 is 5.97 Å². The van der Waals surface area contributed by atoms with E-state index in [0.717, 1.165) is 12.5 Å². The molecule has 8 heteroatoms. The Morgan fingerprint density at radius 1 is 1.46 bits per heavy atom. The van der Waals surface area contributed by atoms with Crippen LogP contribution in [0.3, 0.4) is 0 Å². The molecule has 0 bridgehead atoms. The predicted molar refractivity (Wildman–Crippen MR) is 80.0 cm³/mol. The summed E-state index contributed by atoms with van der Waals surface area (Å²) in [5, 5.41) is 12.7. The number of carbonyl (C=O) groups excluding carboxylic acids is 1. The van der Waals surface area contributed by atoms with E-state index in [1.807, 2.05) is 0 Å². The number of nitrogens with zero attached hydrogens (tertiary/aromatic N) is 3. The number of carbonyl (C=O) groups is 2. The number of rotatable bonds is 4. The van der Waals surface area contributed by atoms with Gasteiger partial charge in [-0.2, -0.15) is 4.98 Å². The molecule has 126 valence electrons. The highest BCUT2D eigenvalue weighted by Crippen LogP contribution is 2.25. The van der Waals surface area contributed by atoms with Crippen molar-refractivity contribution < 1.29 is 23.6 Å². The molecule has 2 aromatic rings. The van der Waals surface area contributed by atoms with Crippen LogP contribution in [0.4, 0.5) is 4.39 Å². The van der Waals surface area contributed by atoms with Crippen LogP contribution in [-0.4, -0.2) is 45.1 Å². The number of aryl methyl sites for hydroxylation is 1. The maximum absolute atomic E-state index is 13.7. The van der Waals surface area contributed by atoms with Crippen LogP contribution >= 0.6 is 0 Å². The van der Waals surface area contributed by atoms with Gasteiger partial charge in [0.15, 0.2) is 5.82 Å². The topological polar surface area (TPSA) is 96.5 Å². The summed E-state index contributed by atoms with van der Waals surface area (Å²) in [5.41, 5.74) is 0.0428. The molecule has 0 spiro atoms. The average molecular weight is 333 g/mol. The largest absolute Gasteiger partial charge is 0.478 e. The molecule has 24 heavy (non-hydrogen) atoms. The number of aromatic nitrogens is 2. The zero-order valence-corrected chi connectivity index (χ0v) is 13.0. The SMILES string of the molecule is Cc1nc(C2CCN(C(=O)Cc3ccc(C(=O)O)c(F)c3)C2)no1. The number of carboxylic acids is 1. The summed E-state index contributed by atoms with van der Waals surface area (Å²) >= 11 is 0. The van der Waals surface area contributed by atoms with Crippen molar-refractivity contribution in [1.82, 2.24) is 15.0 Å². The minimum absolute atomic E-state index is 0.0226. The summed E-state index contributed by atoms with van der Waals surface area (Å²) in [7, 11) is 0. The van der Waals surface area contributed by atoms with E-state index in [1.54, 1.807) is 11.8 Å². The molecule has 1 amide bonds. The van der Waals surface area contributed by atoms with Gasteiger partial charge in [0.1, 0.15) is 5.82 Å². The lowest BCUT2D eigenvalue weighted by molar-refractivity contribution is -0.129. The van der Waals surface area contributed by atoms with Crippen LogP contribution < -0.4 is 0 Å². The molecule has 0 saturated carbocycles. The molecule has 1 aliphatic heterocycles. The highest BCUT2D eigenvalue weighted by atomic mass is 19.1. The number of likely N-dealkylation sites (tertiary alicyclic amines) is 1. The quantitative estimate of drug-likeness (QED) is 0.916. The van der Waals surface area contributed by atoms with Gasteiger partial charge in [-0.25, -0.2) is 9.18 Å². The van der Waals surface area contributed by atoms with Gasteiger partial charge in [-0.15, -0.1) is 0 Å². The molecule has 0 aliphatic carbocycles. The second-order valence-corrected chi connectivity index (χ2v) is 5.79. The van der Waals surface area contributed by atoms with Gasteiger partial charge < -0.3 is 14.5 Å². The van der Waals surface area contributed by atoms with Crippen molar-refractivity contribution in [3.8, 4) is 0 Å². The molecule has 1 aromatic heterocycles. The van der Waals surface area contributed by atoms with Gasteiger partial charge in [0.25, 0.3) is 0 Å². The molecule has 1 saturated heterocycles. The van der Waals surface area contributed by atoms with Gasteiger partial charge in [0.2, 0.25) is 11.8 Å². The van der Waals surface area contributed by atoms with Crippen LogP contribution in [0.25, 0.3) is 0 Å². The maximum atomic E-state index is 13.7. The van der Waals surface area contributed by atoms with Crippen LogP contribution in [0.2, 0.25) is 0 Å². The lowest BCUT2D eigenvalue weighted by atomic mass is 10.1. The van der Waals surface area contributed by atoms with Crippen LogP contribution in [-0.2, 0) is 11.2 Å². The van der Waals surface area contributed by atoms with E-state index in [-0.39, 0.29) is 18.2 Å². The number of hydrogen-bond donors (Lipinski definition) is 1. The van der Waals surface area contributed by atoms with Crippen molar-refractivity contribution in [3.05, 3.63) is 46.9 Å². The summed E-state index contributed by atoms with van der Waals surface area (Å²) in [5.74, 6) is -1.18. The average Bonchev–Trinajstić information content (AvgIpc) is 3.15. The molecule has 1 fully saturated rings. The highest BCUT2D eigenvalue weighted by molar-refractivity contribution is 5.88. The fraction of sp³-hybridized carbons (Fsp3) is 0.375. The monoisotopic (exact) mass is 333 g/mol. The van der Waals surface area contributed by atoms with Crippen LogP contribution in [0.1, 0.15) is 40.0 Å². The minimum Gasteiger partial charge on any atom is -0.478 e. The number of carboxylic acid groups (broad SMARTS) is 1. The first-order valence-electron chi connectivity index (χ1n) is 7.53. The van der Waals surface area contributed by atoms with Gasteiger partial charge in [0.05, 0.1) is 12.0 Å². The molecule has 0 radical (unpaired) electrons. The Morgan fingerprint density at radius 3 is 2.88 bits per heavy atom. The Bertz CT molecular complexity index is 789. The van der Waals surface area contributed by atoms with Crippen LogP contribution in [0, 0.1) is 12.7 Å². The van der Waals surface area contributed by atoms with E-state index in [2.05, 4.69) is 10.1 Å². The van der Waals surface area contributed by atoms with E-state index in [0.29, 0.717) is 30.4 Å². The summed E-state index contributed by atoms with van der Waals surface area (Å²) in [6.07, 6.45) is 0.770. The first-order valence-corrected chi connectivity index (χ1v) is 7.53. The van der Waals surface area contributed by atoms with Crippen molar-refractivity contribution in [2.75, 3.05) is 13.1 Å². The Kier molecular flexibility index (Phi) is 4.28. The molecule has 1 atom stereocenters. The zero-order chi connectivity index (χ0) is 17.3. The van der Waals surface area contributed by atoms with E-state index >= 15 is 0 Å². The third kappa shape index (κ3) is 3.27. The number of aromatic carboxylic acids is 1. The van der Waals surface area contributed by atoms with Gasteiger partial charge in [-0.1, -0.05) is 11.2 Å². The molecule has 1 unspecified atom stereocenters. The van der Waals surface area contributed by atoms with Gasteiger partial charge in [0, 0.05) is 25.9 Å². The van der Waals surface area contributed by atoms with Gasteiger partial charge in [-0.05, 0) is 24.1 Å². The number of amides is 1. The Balaban J connectivity index is 1.63. The van der Waals surface area contributed by atoms with E-state index in [9.17, 15) is 14.0 Å². The molecule has 2 heterocycles. The number of halogens is 1. The molecular weight excluding hydrogens is 317 g/mol. The number of benzene rings is 1. The van der Waals surface area contributed by atoms with Crippen molar-refractivity contribution in [1.29, 1.82) is 0 Å². The summed E-state index contributed by atoms with van der Waals surface area (Å²) in [6, 6.07) is 3.73. The van der Waals surface area contributed by atoms with Crippen LogP contribution in [0.5, 0.6) is 0 Å². The summed E-state index contributed by atoms with van der Waals surface area (Å²) in [4.78, 5) is 29.0. The second-order valence-electron chi connectivity index (χ2n) is 5.79. The van der Waals surface area contributed by atoms with Crippen LogP contribution in [0.15, 0.2) is 22.7 Å². The molecule has 1 aromatic carbocycles. The van der Waals surface area contributed by atoms with Crippen molar-refractivity contribution in [2.24, 2.45) is 0 Å². The molecule has 3 rings (SSSR count). The standard InChI is InChI=1S/C16H16FN3O4/c1-9-18-15(19-24-9)11-4-5-20(8-11)14(21)7-10-2-3-12(16(22)23)13(17)6-10/h2-3,6,11H,4-5,7-8H2,1H3,(H,22,23). The smallest absolute Gasteiger partial charge is 0.338 e. The first kappa shape index (κ1) is 16.1. The normalized spacial score (nSPS) is 17.2. The first-order chi connectivity index (χ1) is 11.4. The van der Waals surface area contributed by atoms with Crippen molar-refractivity contribution >= 4 is 11.9 Å². The lowest BCUT2D eigenvalue weighted by Gasteiger charge is -2.16. The third-order valence-corrected chi connectivity index (χ3v) is 4.07. The fourth-order valence-electron chi connectivity index (χ4n) is 2.81. The minimum atomic E-state index is -1.33. The predicted octanol–water partition coefficient (Wildman–Crippen LogP) is 1.77. The van der Waals surface area contributed by atoms with Crippen molar-refractivity contribution in [2.45, 2.75) is 25.7 Å². The maximum Gasteiger partial charge on any atom is 0.338 e. The Labute approximate surface area is 137 Å². The second kappa shape index (κ2) is 6.38. The Morgan fingerprint density at radius 2 is 2.25 bits per heavy atom. The summed E-state index contributed by atoms with van der Waals surface area (Å²) in [6.45, 7) is 2.78. The molecule has 7 nitrogen and oxygen atoms in total. The zero-order valence-electron chi connectivity index (χ0n) is 13.0. The number of hydrogen-bond acceptors (Lipinski definition) is 5. The Hall–Kier alpha value is -2.77. The lowest BCUT2D eigenvalue weighted by Crippen LogP contribution is -2.30. The fourth-order valence-corrected chi connectivity index (χ4v) is 2.81. The van der Waals surface area contributed by atoms with Crippen molar-refractivity contribution in [3.63, 3.8) is 0 Å². The van der Waals surface area contributed by atoms with E-state index in [1.165, 1.54) is 12.1 Å². The molecule has 1 aliphatic rings.